The monoisotopic (exact) mass is 474 g/mol. The maximum Gasteiger partial charge on any atom is 0.325 e. The van der Waals surface area contributed by atoms with Crippen LogP contribution in [0.5, 0.6) is 0 Å². The normalized spacial score (nSPS) is 18.3. The molecule has 0 spiro atoms. The summed E-state index contributed by atoms with van der Waals surface area (Å²) in [6.45, 7) is 4.47. The summed E-state index contributed by atoms with van der Waals surface area (Å²) in [5, 5.41) is 16.4. The molecule has 0 aliphatic carbocycles. The van der Waals surface area contributed by atoms with E-state index in [1.54, 1.807) is 45.0 Å². The lowest BCUT2D eigenvalue weighted by Gasteiger charge is -2.22. The van der Waals surface area contributed by atoms with Gasteiger partial charge in [0.25, 0.3) is 11.6 Å². The first kappa shape index (κ1) is 21.4. The van der Waals surface area contributed by atoms with E-state index in [9.17, 15) is 24.5 Å². The van der Waals surface area contributed by atoms with E-state index >= 15 is 0 Å². The SMILES string of the molecule is Cc1cc(NC(=O)CN2C(=O)N[C@@](C)(c3cccc(Br)c3)C2=O)c([N+](=O)[O-])cc1C. The number of anilines is 1. The van der Waals surface area contributed by atoms with Crippen LogP contribution in [0.25, 0.3) is 0 Å². The number of imide groups is 1. The van der Waals surface area contributed by atoms with E-state index in [4.69, 9.17) is 0 Å². The van der Waals surface area contributed by atoms with Gasteiger partial charge in [0.1, 0.15) is 17.8 Å². The maximum atomic E-state index is 13.0. The molecule has 1 fully saturated rings. The molecule has 2 aromatic rings. The molecule has 1 aliphatic heterocycles. The van der Waals surface area contributed by atoms with Gasteiger partial charge in [-0.2, -0.15) is 0 Å². The van der Waals surface area contributed by atoms with Crippen LogP contribution in [0, 0.1) is 24.0 Å². The highest BCUT2D eigenvalue weighted by Gasteiger charge is 2.49. The fraction of sp³-hybridized carbons (Fsp3) is 0.250. The lowest BCUT2D eigenvalue weighted by Crippen LogP contribution is -2.42. The Hall–Kier alpha value is -3.27. The zero-order chi connectivity index (χ0) is 22.2. The van der Waals surface area contributed by atoms with Gasteiger partial charge < -0.3 is 10.6 Å². The average Bonchev–Trinajstić information content (AvgIpc) is 2.88. The number of amides is 4. The van der Waals surface area contributed by atoms with Crippen LogP contribution in [-0.4, -0.2) is 34.2 Å². The zero-order valence-corrected chi connectivity index (χ0v) is 18.1. The molecule has 1 aliphatic rings. The second kappa shape index (κ2) is 7.86. The summed E-state index contributed by atoms with van der Waals surface area (Å²) in [7, 11) is 0. The highest BCUT2D eigenvalue weighted by atomic mass is 79.9. The average molecular weight is 475 g/mol. The second-order valence-corrected chi connectivity index (χ2v) is 8.13. The van der Waals surface area contributed by atoms with Crippen LogP contribution in [-0.2, 0) is 15.1 Å². The lowest BCUT2D eigenvalue weighted by molar-refractivity contribution is -0.384. The lowest BCUT2D eigenvalue weighted by atomic mass is 9.92. The van der Waals surface area contributed by atoms with Crippen molar-refractivity contribution in [1.29, 1.82) is 0 Å². The van der Waals surface area contributed by atoms with Crippen LogP contribution in [0.4, 0.5) is 16.2 Å². The van der Waals surface area contributed by atoms with Crippen molar-refractivity contribution in [3.63, 3.8) is 0 Å². The van der Waals surface area contributed by atoms with E-state index in [2.05, 4.69) is 26.6 Å². The van der Waals surface area contributed by atoms with Crippen LogP contribution in [0.1, 0.15) is 23.6 Å². The number of aryl methyl sites for hydroxylation is 2. The number of nitro groups is 1. The van der Waals surface area contributed by atoms with Gasteiger partial charge in [-0.05, 0) is 55.7 Å². The Labute approximate surface area is 180 Å². The largest absolute Gasteiger partial charge is 0.325 e. The van der Waals surface area contributed by atoms with Crippen molar-refractivity contribution in [3.05, 3.63) is 67.7 Å². The second-order valence-electron chi connectivity index (χ2n) is 7.22. The Morgan fingerprint density at radius 3 is 2.53 bits per heavy atom. The number of halogens is 1. The van der Waals surface area contributed by atoms with E-state index < -0.39 is 34.9 Å². The quantitative estimate of drug-likeness (QED) is 0.390. The third kappa shape index (κ3) is 3.90. The fourth-order valence-electron chi connectivity index (χ4n) is 3.22. The summed E-state index contributed by atoms with van der Waals surface area (Å²) < 4.78 is 0.738. The molecule has 9 nitrogen and oxygen atoms in total. The van der Waals surface area contributed by atoms with Gasteiger partial charge in [-0.3, -0.25) is 24.6 Å². The molecule has 2 aromatic carbocycles. The topological polar surface area (TPSA) is 122 Å². The van der Waals surface area contributed by atoms with Crippen molar-refractivity contribution in [2.24, 2.45) is 0 Å². The highest BCUT2D eigenvalue weighted by molar-refractivity contribution is 9.10. The molecule has 3 rings (SSSR count). The smallest absolute Gasteiger partial charge is 0.319 e. The molecule has 0 saturated carbocycles. The molecule has 2 N–H and O–H groups in total. The number of nitrogens with one attached hydrogen (secondary N) is 2. The predicted molar refractivity (Wildman–Crippen MR) is 113 cm³/mol. The van der Waals surface area contributed by atoms with Crippen LogP contribution < -0.4 is 10.6 Å². The minimum atomic E-state index is -1.33. The highest BCUT2D eigenvalue weighted by Crippen LogP contribution is 2.31. The van der Waals surface area contributed by atoms with E-state index in [1.807, 2.05) is 0 Å². The van der Waals surface area contributed by atoms with Crippen molar-refractivity contribution in [1.82, 2.24) is 10.2 Å². The summed E-state index contributed by atoms with van der Waals surface area (Å²) >= 11 is 3.33. The number of nitro benzene ring substituents is 1. The Balaban J connectivity index is 1.81. The number of carbonyl (C=O) groups is 3. The number of urea groups is 1. The summed E-state index contributed by atoms with van der Waals surface area (Å²) in [6, 6.07) is 9.07. The first-order valence-corrected chi connectivity index (χ1v) is 9.78. The van der Waals surface area contributed by atoms with Gasteiger partial charge in [-0.25, -0.2) is 4.79 Å². The molecule has 156 valence electrons. The molecule has 0 radical (unpaired) electrons. The number of benzene rings is 2. The standard InChI is InChI=1S/C20H19BrN4O5/c1-11-7-15(16(25(29)30)8-12(11)2)22-17(26)10-24-18(27)20(3,23-19(24)28)13-5-4-6-14(21)9-13/h4-9H,10H2,1-3H3,(H,22,26)(H,23,28)/t20-/m0/s1. The van der Waals surface area contributed by atoms with Crippen molar-refractivity contribution in [3.8, 4) is 0 Å². The third-order valence-electron chi connectivity index (χ3n) is 5.06. The maximum absolute atomic E-state index is 13.0. The van der Waals surface area contributed by atoms with Crippen molar-refractivity contribution >= 4 is 45.2 Å². The minimum Gasteiger partial charge on any atom is -0.319 e. The van der Waals surface area contributed by atoms with E-state index in [1.165, 1.54) is 12.1 Å². The zero-order valence-electron chi connectivity index (χ0n) is 16.5. The number of hydrogen-bond acceptors (Lipinski definition) is 5. The van der Waals surface area contributed by atoms with Crippen molar-refractivity contribution < 1.29 is 19.3 Å². The molecule has 1 heterocycles. The summed E-state index contributed by atoms with van der Waals surface area (Å²) in [5.41, 5.74) is 0.445. The van der Waals surface area contributed by atoms with Crippen molar-refractivity contribution in [2.75, 3.05) is 11.9 Å². The summed E-state index contributed by atoms with van der Waals surface area (Å²) in [6.07, 6.45) is 0. The molecule has 0 unspecified atom stereocenters. The molecular weight excluding hydrogens is 456 g/mol. The molecule has 10 heteroatoms. The Morgan fingerprint density at radius 1 is 1.23 bits per heavy atom. The van der Waals surface area contributed by atoms with Gasteiger partial charge in [0, 0.05) is 10.5 Å². The number of carbonyl (C=O) groups excluding carboxylic acids is 3. The molecule has 30 heavy (non-hydrogen) atoms. The van der Waals surface area contributed by atoms with Gasteiger partial charge in [0.15, 0.2) is 0 Å². The van der Waals surface area contributed by atoms with Crippen LogP contribution in [0.2, 0.25) is 0 Å². The number of hydrogen-bond donors (Lipinski definition) is 2. The molecule has 0 bridgehead atoms. The van der Waals surface area contributed by atoms with Crippen LogP contribution >= 0.6 is 15.9 Å². The summed E-state index contributed by atoms with van der Waals surface area (Å²) in [5.74, 6) is -1.31. The first-order chi connectivity index (χ1) is 14.0. The van der Waals surface area contributed by atoms with Gasteiger partial charge in [0.05, 0.1) is 4.92 Å². The molecule has 1 atom stereocenters. The molecule has 0 aromatic heterocycles. The molecular formula is C20H19BrN4O5. The van der Waals surface area contributed by atoms with Gasteiger partial charge >= 0.3 is 6.03 Å². The van der Waals surface area contributed by atoms with Gasteiger partial charge in [0.2, 0.25) is 5.91 Å². The van der Waals surface area contributed by atoms with Crippen LogP contribution in [0.15, 0.2) is 40.9 Å². The van der Waals surface area contributed by atoms with E-state index in [0.717, 1.165) is 14.9 Å². The first-order valence-electron chi connectivity index (χ1n) is 8.98. The summed E-state index contributed by atoms with van der Waals surface area (Å²) in [4.78, 5) is 49.4. The molecule has 1 saturated heterocycles. The van der Waals surface area contributed by atoms with E-state index in [0.29, 0.717) is 11.1 Å². The number of rotatable bonds is 5. The fourth-order valence-corrected chi connectivity index (χ4v) is 3.62. The van der Waals surface area contributed by atoms with Gasteiger partial charge in [-0.15, -0.1) is 0 Å². The third-order valence-corrected chi connectivity index (χ3v) is 5.55. The molecule has 4 amide bonds. The Morgan fingerprint density at radius 2 is 1.90 bits per heavy atom. The minimum absolute atomic E-state index is 0.00917. The Kier molecular flexibility index (Phi) is 5.62. The van der Waals surface area contributed by atoms with E-state index in [-0.39, 0.29) is 11.4 Å². The van der Waals surface area contributed by atoms with Crippen LogP contribution in [0.3, 0.4) is 0 Å². The van der Waals surface area contributed by atoms with Gasteiger partial charge in [-0.1, -0.05) is 28.1 Å². The Bertz CT molecular complexity index is 1090. The number of nitrogens with zero attached hydrogens (tertiary/aromatic N) is 2. The van der Waals surface area contributed by atoms with Crippen molar-refractivity contribution in [2.45, 2.75) is 26.3 Å². The predicted octanol–water partition coefficient (Wildman–Crippen LogP) is 3.38.